The maximum absolute atomic E-state index is 12.4. The summed E-state index contributed by atoms with van der Waals surface area (Å²) in [6.45, 7) is 0. The Morgan fingerprint density at radius 3 is 2.33 bits per heavy atom. The second-order valence-corrected chi connectivity index (χ2v) is 7.48. The highest BCUT2D eigenvalue weighted by Gasteiger charge is 2.37. The molecule has 1 aromatic rings. The van der Waals surface area contributed by atoms with Crippen LogP contribution in [0.2, 0.25) is 0 Å². The fraction of sp³-hybridized carbons (Fsp3) is 0.533. The van der Waals surface area contributed by atoms with E-state index in [9.17, 15) is 13.2 Å². The zero-order valence-corrected chi connectivity index (χ0v) is 12.7. The molecule has 0 amide bonds. The van der Waals surface area contributed by atoms with Crippen molar-refractivity contribution in [2.45, 2.75) is 49.8 Å². The van der Waals surface area contributed by atoms with Gasteiger partial charge >= 0.3 is 5.97 Å². The summed E-state index contributed by atoms with van der Waals surface area (Å²) in [6, 6.07) is 8.92. The molecule has 5 nitrogen and oxygen atoms in total. The molecular formula is C15H21NO4S. The average molecular weight is 311 g/mol. The minimum absolute atomic E-state index is 0.116. The first-order valence-electron chi connectivity index (χ1n) is 7.18. The van der Waals surface area contributed by atoms with E-state index >= 15 is 0 Å². The van der Waals surface area contributed by atoms with E-state index in [1.165, 1.54) is 0 Å². The summed E-state index contributed by atoms with van der Waals surface area (Å²) in [6.07, 6.45) is 3.78. The van der Waals surface area contributed by atoms with Gasteiger partial charge in [-0.2, -0.15) is 0 Å². The number of hydrogen-bond acceptors (Lipinski definition) is 3. The lowest BCUT2D eigenvalue weighted by molar-refractivity contribution is -0.138. The fourth-order valence-electron chi connectivity index (χ4n) is 2.99. The lowest BCUT2D eigenvalue weighted by Gasteiger charge is -2.36. The zero-order valence-electron chi connectivity index (χ0n) is 11.9. The predicted octanol–water partition coefficient (Wildman–Crippen LogP) is 2.28. The normalized spacial score (nSPS) is 18.3. The van der Waals surface area contributed by atoms with Crippen LogP contribution in [0.15, 0.2) is 30.3 Å². The Balaban J connectivity index is 2.13. The van der Waals surface area contributed by atoms with Gasteiger partial charge in [0.05, 0.1) is 12.2 Å². The van der Waals surface area contributed by atoms with Crippen molar-refractivity contribution in [3.63, 3.8) is 0 Å². The first kappa shape index (κ1) is 16.0. The van der Waals surface area contributed by atoms with Gasteiger partial charge in [0.2, 0.25) is 10.0 Å². The molecule has 1 aliphatic carbocycles. The standard InChI is InChI=1S/C15H21NO4S/c17-14(18)11-15(9-5-2-6-10-15)16-21(19,20)12-13-7-3-1-4-8-13/h1,3-4,7-8,16H,2,5-6,9-12H2,(H,17,18). The van der Waals surface area contributed by atoms with Gasteiger partial charge in [0, 0.05) is 5.54 Å². The van der Waals surface area contributed by atoms with Gasteiger partial charge in [0.15, 0.2) is 0 Å². The second kappa shape index (κ2) is 6.58. The first-order valence-corrected chi connectivity index (χ1v) is 8.83. The molecular weight excluding hydrogens is 290 g/mol. The maximum Gasteiger partial charge on any atom is 0.305 e. The molecule has 116 valence electrons. The molecule has 1 saturated carbocycles. The Hall–Kier alpha value is -1.40. The second-order valence-electron chi connectivity index (χ2n) is 5.76. The Morgan fingerprint density at radius 1 is 1.14 bits per heavy atom. The topological polar surface area (TPSA) is 83.5 Å². The van der Waals surface area contributed by atoms with Crippen LogP contribution in [-0.2, 0) is 20.6 Å². The Morgan fingerprint density at radius 2 is 1.76 bits per heavy atom. The van der Waals surface area contributed by atoms with Gasteiger partial charge in [-0.25, -0.2) is 13.1 Å². The summed E-state index contributed by atoms with van der Waals surface area (Å²) in [4.78, 5) is 11.1. The summed E-state index contributed by atoms with van der Waals surface area (Å²) in [7, 11) is -3.55. The molecule has 2 N–H and O–H groups in total. The van der Waals surface area contributed by atoms with Crippen molar-refractivity contribution in [1.29, 1.82) is 0 Å². The molecule has 0 atom stereocenters. The van der Waals surface area contributed by atoms with Crippen LogP contribution in [-0.4, -0.2) is 25.0 Å². The fourth-order valence-corrected chi connectivity index (χ4v) is 4.63. The maximum atomic E-state index is 12.4. The number of hydrogen-bond donors (Lipinski definition) is 2. The van der Waals surface area contributed by atoms with E-state index in [4.69, 9.17) is 5.11 Å². The Kier molecular flexibility index (Phi) is 5.00. The van der Waals surface area contributed by atoms with Crippen LogP contribution in [0.1, 0.15) is 44.1 Å². The number of aliphatic carboxylic acids is 1. The monoisotopic (exact) mass is 311 g/mol. The highest BCUT2D eigenvalue weighted by atomic mass is 32.2. The third kappa shape index (κ3) is 4.82. The molecule has 1 aromatic carbocycles. The molecule has 0 unspecified atom stereocenters. The minimum atomic E-state index is -3.55. The first-order chi connectivity index (χ1) is 9.91. The van der Waals surface area contributed by atoms with Crippen LogP contribution in [0.4, 0.5) is 0 Å². The number of carboxylic acids is 1. The van der Waals surface area contributed by atoms with Gasteiger partial charge in [-0.1, -0.05) is 49.6 Å². The molecule has 0 aromatic heterocycles. The van der Waals surface area contributed by atoms with Crippen molar-refractivity contribution in [3.05, 3.63) is 35.9 Å². The molecule has 1 aliphatic rings. The van der Waals surface area contributed by atoms with E-state index in [0.717, 1.165) is 19.3 Å². The van der Waals surface area contributed by atoms with Crippen molar-refractivity contribution in [2.75, 3.05) is 0 Å². The minimum Gasteiger partial charge on any atom is -0.481 e. The van der Waals surface area contributed by atoms with E-state index in [2.05, 4.69) is 4.72 Å². The number of carboxylic acid groups (broad SMARTS) is 1. The van der Waals surface area contributed by atoms with E-state index in [1.807, 2.05) is 6.07 Å². The van der Waals surface area contributed by atoms with E-state index in [0.29, 0.717) is 18.4 Å². The molecule has 0 heterocycles. The number of benzene rings is 1. The summed E-state index contributed by atoms with van der Waals surface area (Å²) in [5.74, 6) is -1.07. The van der Waals surface area contributed by atoms with Gasteiger partial charge in [-0.3, -0.25) is 4.79 Å². The predicted molar refractivity (Wildman–Crippen MR) is 80.3 cm³/mol. The third-order valence-electron chi connectivity index (χ3n) is 3.87. The Bertz CT molecular complexity index is 577. The number of nitrogens with one attached hydrogen (secondary N) is 1. The van der Waals surface area contributed by atoms with Crippen molar-refractivity contribution in [1.82, 2.24) is 4.72 Å². The zero-order chi connectivity index (χ0) is 15.3. The van der Waals surface area contributed by atoms with Crippen LogP contribution in [0.5, 0.6) is 0 Å². The van der Waals surface area contributed by atoms with Crippen molar-refractivity contribution >= 4 is 16.0 Å². The van der Waals surface area contributed by atoms with Gasteiger partial charge < -0.3 is 5.11 Å². The van der Waals surface area contributed by atoms with Gasteiger partial charge in [-0.15, -0.1) is 0 Å². The van der Waals surface area contributed by atoms with Gasteiger partial charge in [0.1, 0.15) is 0 Å². The van der Waals surface area contributed by atoms with Crippen LogP contribution in [0.3, 0.4) is 0 Å². The quantitative estimate of drug-likeness (QED) is 0.844. The van der Waals surface area contributed by atoms with E-state index in [1.54, 1.807) is 24.3 Å². The summed E-state index contributed by atoms with van der Waals surface area (Å²) in [5.41, 5.74) is -0.121. The molecule has 2 rings (SSSR count). The van der Waals surface area contributed by atoms with Crippen molar-refractivity contribution in [2.24, 2.45) is 0 Å². The van der Waals surface area contributed by atoms with Crippen LogP contribution < -0.4 is 4.72 Å². The van der Waals surface area contributed by atoms with Crippen LogP contribution >= 0.6 is 0 Å². The van der Waals surface area contributed by atoms with E-state index in [-0.39, 0.29) is 12.2 Å². The molecule has 21 heavy (non-hydrogen) atoms. The highest BCUT2D eigenvalue weighted by molar-refractivity contribution is 7.88. The summed E-state index contributed by atoms with van der Waals surface area (Å²) >= 11 is 0. The third-order valence-corrected chi connectivity index (χ3v) is 5.33. The van der Waals surface area contributed by atoms with Crippen molar-refractivity contribution < 1.29 is 18.3 Å². The van der Waals surface area contributed by atoms with Gasteiger partial charge in [0.25, 0.3) is 0 Å². The van der Waals surface area contributed by atoms with Crippen LogP contribution in [0, 0.1) is 0 Å². The lowest BCUT2D eigenvalue weighted by Crippen LogP contribution is -2.51. The molecule has 6 heteroatoms. The summed E-state index contributed by atoms with van der Waals surface area (Å²) < 4.78 is 27.4. The molecule has 0 aliphatic heterocycles. The largest absolute Gasteiger partial charge is 0.481 e. The average Bonchev–Trinajstić information content (AvgIpc) is 2.38. The molecule has 0 saturated heterocycles. The molecule has 0 spiro atoms. The smallest absolute Gasteiger partial charge is 0.305 e. The Labute approximate surface area is 125 Å². The SMILES string of the molecule is O=C(O)CC1(NS(=O)(=O)Cc2ccccc2)CCCCC1. The number of sulfonamides is 1. The molecule has 0 radical (unpaired) electrons. The highest BCUT2D eigenvalue weighted by Crippen LogP contribution is 2.32. The van der Waals surface area contributed by atoms with Gasteiger partial charge in [-0.05, 0) is 18.4 Å². The van der Waals surface area contributed by atoms with E-state index < -0.39 is 21.5 Å². The molecule has 0 bridgehead atoms. The number of carbonyl (C=O) groups is 1. The van der Waals surface area contributed by atoms with Crippen LogP contribution in [0.25, 0.3) is 0 Å². The number of rotatable bonds is 6. The molecule has 1 fully saturated rings. The van der Waals surface area contributed by atoms with Crippen molar-refractivity contribution in [3.8, 4) is 0 Å². The lowest BCUT2D eigenvalue weighted by atomic mass is 9.80. The summed E-state index contributed by atoms with van der Waals surface area (Å²) in [5, 5.41) is 9.08.